The van der Waals surface area contributed by atoms with Gasteiger partial charge in [0.15, 0.2) is 0 Å². The fraction of sp³-hybridized carbons (Fsp3) is 0.500. The number of amidine groups is 1. The molecule has 1 fully saturated rings. The normalized spacial score (nSPS) is 23.9. The molecule has 0 heterocycles. The molecule has 5 nitrogen and oxygen atoms in total. The van der Waals surface area contributed by atoms with E-state index in [1.165, 1.54) is 6.08 Å². The number of hydrogen-bond acceptors (Lipinski definition) is 4. The standard InChI is InChI=1S/C20H28Cl2N4O/c1-14(25(3)17-7-5-6-16(21)19(17)22)24-18(10-13-27)26(4)15-8-11-20(2,23)12-9-15/h5-7,10,13,15H,8-9,11-12,23H2,1-4H3/b18-10+,24-14-. The van der Waals surface area contributed by atoms with Crippen LogP contribution in [0.3, 0.4) is 0 Å². The third-order valence-corrected chi connectivity index (χ3v) is 6.09. The van der Waals surface area contributed by atoms with Crippen LogP contribution in [0.5, 0.6) is 0 Å². The maximum Gasteiger partial charge on any atom is 0.146 e. The van der Waals surface area contributed by atoms with Crippen LogP contribution >= 0.6 is 23.2 Å². The van der Waals surface area contributed by atoms with Crippen molar-refractivity contribution in [3.05, 3.63) is 40.1 Å². The molecule has 27 heavy (non-hydrogen) atoms. The molecule has 1 aliphatic rings. The van der Waals surface area contributed by atoms with Crippen LogP contribution in [0.25, 0.3) is 0 Å². The van der Waals surface area contributed by atoms with Crippen LogP contribution in [0.2, 0.25) is 10.0 Å². The summed E-state index contributed by atoms with van der Waals surface area (Å²) in [6.45, 7) is 3.97. The number of aliphatic imine (C=N–C) groups is 1. The Kier molecular flexibility index (Phi) is 7.32. The van der Waals surface area contributed by atoms with Gasteiger partial charge in [0.05, 0.1) is 15.7 Å². The van der Waals surface area contributed by atoms with E-state index in [1.54, 1.807) is 6.07 Å². The molecule has 0 unspecified atom stereocenters. The van der Waals surface area contributed by atoms with Crippen LogP contribution in [0.15, 0.2) is 35.1 Å². The lowest BCUT2D eigenvalue weighted by molar-refractivity contribution is -0.104. The van der Waals surface area contributed by atoms with Crippen molar-refractivity contribution < 1.29 is 4.79 Å². The van der Waals surface area contributed by atoms with Crippen LogP contribution in [0.1, 0.15) is 39.5 Å². The number of carbonyl (C=O) groups is 1. The highest BCUT2D eigenvalue weighted by Gasteiger charge is 2.30. The number of anilines is 1. The SMILES string of the molecule is C/C(=N/C(=C\C=O)N(C)C1CCC(C)(N)CC1)N(C)c1cccc(Cl)c1Cl. The summed E-state index contributed by atoms with van der Waals surface area (Å²) in [5.41, 5.74) is 6.90. The number of hydrogen-bond donors (Lipinski definition) is 1. The number of nitrogens with two attached hydrogens (primary N) is 1. The second-order valence-corrected chi connectivity index (χ2v) is 8.23. The van der Waals surface area contributed by atoms with Gasteiger partial charge in [-0.3, -0.25) is 4.79 Å². The minimum Gasteiger partial charge on any atom is -0.357 e. The van der Waals surface area contributed by atoms with Gasteiger partial charge in [-0.15, -0.1) is 0 Å². The van der Waals surface area contributed by atoms with E-state index in [1.807, 2.05) is 38.1 Å². The summed E-state index contributed by atoms with van der Waals surface area (Å²) in [6.07, 6.45) is 6.13. The Hall–Kier alpha value is -1.56. The lowest BCUT2D eigenvalue weighted by atomic mass is 9.81. The molecule has 2 rings (SSSR count). The van der Waals surface area contributed by atoms with Crippen LogP contribution < -0.4 is 10.6 Å². The molecular weight excluding hydrogens is 383 g/mol. The highest BCUT2D eigenvalue weighted by Crippen LogP contribution is 2.33. The summed E-state index contributed by atoms with van der Waals surface area (Å²) < 4.78 is 0. The van der Waals surface area contributed by atoms with E-state index in [4.69, 9.17) is 33.9 Å². The summed E-state index contributed by atoms with van der Waals surface area (Å²) in [4.78, 5) is 19.8. The molecule has 0 atom stereocenters. The molecule has 0 radical (unpaired) electrons. The second-order valence-electron chi connectivity index (χ2n) is 7.45. The van der Waals surface area contributed by atoms with Crippen molar-refractivity contribution in [1.82, 2.24) is 4.90 Å². The van der Waals surface area contributed by atoms with Crippen molar-refractivity contribution in [2.24, 2.45) is 10.7 Å². The fourth-order valence-electron chi connectivity index (χ4n) is 3.30. The fourth-order valence-corrected chi connectivity index (χ4v) is 3.72. The van der Waals surface area contributed by atoms with Gasteiger partial charge >= 0.3 is 0 Å². The van der Waals surface area contributed by atoms with E-state index in [2.05, 4.69) is 11.8 Å². The highest BCUT2D eigenvalue weighted by atomic mass is 35.5. The third-order valence-electron chi connectivity index (χ3n) is 5.28. The molecule has 2 N–H and O–H groups in total. The van der Waals surface area contributed by atoms with Gasteiger partial charge in [0.25, 0.3) is 0 Å². The summed E-state index contributed by atoms with van der Waals surface area (Å²) in [6, 6.07) is 5.77. The molecule has 0 saturated heterocycles. The molecule has 0 amide bonds. The summed E-state index contributed by atoms with van der Waals surface area (Å²) >= 11 is 12.4. The first-order chi connectivity index (χ1) is 12.7. The van der Waals surface area contributed by atoms with Crippen LogP contribution in [-0.4, -0.2) is 42.7 Å². The van der Waals surface area contributed by atoms with E-state index in [-0.39, 0.29) is 5.54 Å². The van der Waals surface area contributed by atoms with Gasteiger partial charge in [-0.2, -0.15) is 0 Å². The van der Waals surface area contributed by atoms with E-state index in [0.29, 0.717) is 27.7 Å². The Bertz CT molecular complexity index is 735. The van der Waals surface area contributed by atoms with E-state index in [9.17, 15) is 4.79 Å². The monoisotopic (exact) mass is 410 g/mol. The van der Waals surface area contributed by atoms with Gasteiger partial charge in [-0.05, 0) is 51.7 Å². The zero-order chi connectivity index (χ0) is 20.2. The Morgan fingerprint density at radius 1 is 1.30 bits per heavy atom. The molecule has 0 spiro atoms. The molecule has 0 aliphatic heterocycles. The maximum absolute atomic E-state index is 11.2. The van der Waals surface area contributed by atoms with Crippen LogP contribution in [0.4, 0.5) is 5.69 Å². The molecule has 148 valence electrons. The van der Waals surface area contributed by atoms with Crippen molar-refractivity contribution in [3.8, 4) is 0 Å². The summed E-state index contributed by atoms with van der Waals surface area (Å²) in [5, 5.41) is 0.960. The van der Waals surface area contributed by atoms with Gasteiger partial charge in [0.2, 0.25) is 0 Å². The molecule has 1 aromatic carbocycles. The van der Waals surface area contributed by atoms with Gasteiger partial charge < -0.3 is 15.5 Å². The molecule has 0 aromatic heterocycles. The molecular formula is C20H28Cl2N4O. The van der Waals surface area contributed by atoms with E-state index in [0.717, 1.165) is 37.7 Å². The quantitative estimate of drug-likeness (QED) is 0.336. The first-order valence-corrected chi connectivity index (χ1v) is 9.82. The van der Waals surface area contributed by atoms with Crippen molar-refractivity contribution >= 4 is 41.0 Å². The topological polar surface area (TPSA) is 61.9 Å². The average Bonchev–Trinajstić information content (AvgIpc) is 2.62. The predicted octanol–water partition coefficient (Wildman–Crippen LogP) is 4.48. The number of benzene rings is 1. The number of allylic oxidation sites excluding steroid dienone is 1. The number of carbonyl (C=O) groups excluding carboxylic acids is 1. The van der Waals surface area contributed by atoms with E-state index >= 15 is 0 Å². The molecule has 1 aliphatic carbocycles. The minimum atomic E-state index is -0.103. The minimum absolute atomic E-state index is 0.103. The van der Waals surface area contributed by atoms with Crippen molar-refractivity contribution in [2.45, 2.75) is 51.1 Å². The average molecular weight is 411 g/mol. The lowest BCUT2D eigenvalue weighted by Gasteiger charge is -2.39. The Morgan fingerprint density at radius 3 is 2.52 bits per heavy atom. The van der Waals surface area contributed by atoms with Gasteiger partial charge in [0, 0.05) is 31.8 Å². The number of rotatable bonds is 5. The van der Waals surface area contributed by atoms with Crippen molar-refractivity contribution in [2.75, 3.05) is 19.0 Å². The first kappa shape index (κ1) is 21.7. The second kappa shape index (κ2) is 9.09. The van der Waals surface area contributed by atoms with E-state index < -0.39 is 0 Å². The molecule has 7 heteroatoms. The summed E-state index contributed by atoms with van der Waals surface area (Å²) in [7, 11) is 3.84. The van der Waals surface area contributed by atoms with Gasteiger partial charge in [0.1, 0.15) is 17.9 Å². The van der Waals surface area contributed by atoms with Crippen LogP contribution in [-0.2, 0) is 4.79 Å². The molecule has 1 aromatic rings. The lowest BCUT2D eigenvalue weighted by Crippen LogP contribution is -2.45. The zero-order valence-electron chi connectivity index (χ0n) is 16.4. The number of halogens is 2. The maximum atomic E-state index is 11.2. The highest BCUT2D eigenvalue weighted by molar-refractivity contribution is 6.44. The van der Waals surface area contributed by atoms with Crippen molar-refractivity contribution in [3.63, 3.8) is 0 Å². The first-order valence-electron chi connectivity index (χ1n) is 9.06. The smallest absolute Gasteiger partial charge is 0.146 e. The molecule has 1 saturated carbocycles. The van der Waals surface area contributed by atoms with Gasteiger partial charge in [-0.25, -0.2) is 4.99 Å². The summed E-state index contributed by atoms with van der Waals surface area (Å²) in [5.74, 6) is 1.33. The largest absolute Gasteiger partial charge is 0.357 e. The number of nitrogens with zero attached hydrogens (tertiary/aromatic N) is 3. The Labute approximate surface area is 171 Å². The zero-order valence-corrected chi connectivity index (χ0v) is 17.9. The Morgan fingerprint density at radius 2 is 1.93 bits per heavy atom. The Balaban J connectivity index is 2.22. The van der Waals surface area contributed by atoms with Crippen LogP contribution in [0, 0.1) is 0 Å². The predicted molar refractivity (Wildman–Crippen MR) is 115 cm³/mol. The number of aldehydes is 1. The van der Waals surface area contributed by atoms with Gasteiger partial charge in [-0.1, -0.05) is 29.3 Å². The third kappa shape index (κ3) is 5.47. The molecule has 0 bridgehead atoms. The van der Waals surface area contributed by atoms with Crippen molar-refractivity contribution in [1.29, 1.82) is 0 Å².